The average Bonchev–Trinajstić information content (AvgIpc) is 3.31. The minimum atomic E-state index is -3.77. The number of fused-ring (bicyclic) bond motifs is 1. The van der Waals surface area contributed by atoms with Crippen LogP contribution in [0.15, 0.2) is 47.4 Å². The molecule has 9 heteroatoms. The Morgan fingerprint density at radius 2 is 1.91 bits per heavy atom. The maximum Gasteiger partial charge on any atom is 0.339 e. The summed E-state index contributed by atoms with van der Waals surface area (Å²) in [6.45, 7) is 4.54. The summed E-state index contributed by atoms with van der Waals surface area (Å²) >= 11 is 0. The van der Waals surface area contributed by atoms with Gasteiger partial charge in [-0.25, -0.2) is 13.2 Å². The molecule has 0 aromatic heterocycles. The van der Waals surface area contributed by atoms with Gasteiger partial charge in [-0.05, 0) is 56.5 Å². The van der Waals surface area contributed by atoms with Crippen LogP contribution in [0.25, 0.3) is 0 Å². The molecule has 1 unspecified atom stereocenters. The number of hydrogen-bond acceptors (Lipinski definition) is 6. The van der Waals surface area contributed by atoms with E-state index >= 15 is 0 Å². The zero-order valence-corrected chi connectivity index (χ0v) is 18.9. The van der Waals surface area contributed by atoms with Crippen molar-refractivity contribution >= 4 is 27.6 Å². The first-order valence-corrected chi connectivity index (χ1v) is 12.1. The number of carbonyl (C=O) groups excluding carboxylic acids is 2. The Labute approximate surface area is 187 Å². The van der Waals surface area contributed by atoms with E-state index < -0.39 is 27.5 Å². The molecule has 1 N–H and O–H groups in total. The van der Waals surface area contributed by atoms with Gasteiger partial charge in [0.05, 0.1) is 12.2 Å². The van der Waals surface area contributed by atoms with Crippen LogP contribution in [0, 0.1) is 0 Å². The first kappa shape index (κ1) is 22.3. The third-order valence-corrected chi connectivity index (χ3v) is 7.67. The standard InChI is InChI=1S/C23H26N2O6S/c1-3-30-19-11-10-17(14-20(19)32(28,29)25-12-6-7-13-25)24-22(27)23(2)15-16-8-4-5-9-18(16)21(26)31-23/h4-5,8-11,14H,3,6-7,12-13,15H2,1-2H3,(H,24,27). The Bertz CT molecular complexity index is 1160. The molecule has 0 saturated carbocycles. The summed E-state index contributed by atoms with van der Waals surface area (Å²) in [6.07, 6.45) is 1.84. The first-order chi connectivity index (χ1) is 15.2. The minimum absolute atomic E-state index is 0.00943. The van der Waals surface area contributed by atoms with Crippen LogP contribution in [0.1, 0.15) is 42.6 Å². The third kappa shape index (κ3) is 4.10. The number of sulfonamides is 1. The molecule has 0 radical (unpaired) electrons. The largest absolute Gasteiger partial charge is 0.492 e. The van der Waals surface area contributed by atoms with Crippen molar-refractivity contribution in [2.45, 2.75) is 43.6 Å². The number of cyclic esters (lactones) is 1. The smallest absolute Gasteiger partial charge is 0.339 e. The summed E-state index contributed by atoms with van der Waals surface area (Å²) in [5, 5.41) is 2.72. The predicted octanol–water partition coefficient (Wildman–Crippen LogP) is 2.98. The zero-order valence-electron chi connectivity index (χ0n) is 18.1. The summed E-state index contributed by atoms with van der Waals surface area (Å²) in [4.78, 5) is 25.5. The van der Waals surface area contributed by atoms with Gasteiger partial charge in [0.25, 0.3) is 5.91 Å². The lowest BCUT2D eigenvalue weighted by Gasteiger charge is -2.33. The molecule has 2 aromatic carbocycles. The fraction of sp³-hybridized carbons (Fsp3) is 0.391. The third-order valence-electron chi connectivity index (χ3n) is 5.75. The second kappa shape index (κ2) is 8.55. The second-order valence-corrected chi connectivity index (χ2v) is 10.0. The normalized spacial score (nSPS) is 21.0. The highest BCUT2D eigenvalue weighted by Gasteiger charge is 2.42. The molecule has 1 amide bonds. The summed E-state index contributed by atoms with van der Waals surface area (Å²) in [6, 6.07) is 11.5. The van der Waals surface area contributed by atoms with Crippen molar-refractivity contribution in [3.63, 3.8) is 0 Å². The fourth-order valence-corrected chi connectivity index (χ4v) is 5.73. The van der Waals surface area contributed by atoms with Gasteiger partial charge in [0.15, 0.2) is 5.60 Å². The van der Waals surface area contributed by atoms with Crippen molar-refractivity contribution in [3.8, 4) is 5.75 Å². The highest BCUT2D eigenvalue weighted by Crippen LogP contribution is 2.33. The van der Waals surface area contributed by atoms with Gasteiger partial charge in [-0.2, -0.15) is 4.31 Å². The number of anilines is 1. The zero-order chi connectivity index (χ0) is 22.9. The van der Waals surface area contributed by atoms with E-state index in [1.54, 1.807) is 44.2 Å². The lowest BCUT2D eigenvalue weighted by atomic mass is 9.89. The van der Waals surface area contributed by atoms with E-state index in [0.29, 0.717) is 25.3 Å². The summed E-state index contributed by atoms with van der Waals surface area (Å²) in [5.74, 6) is -0.857. The number of rotatable bonds is 6. The molecular weight excluding hydrogens is 432 g/mol. The maximum atomic E-state index is 13.2. The van der Waals surface area contributed by atoms with Gasteiger partial charge in [-0.1, -0.05) is 18.2 Å². The van der Waals surface area contributed by atoms with Crippen LogP contribution in [0.2, 0.25) is 0 Å². The number of nitrogens with zero attached hydrogens (tertiary/aromatic N) is 1. The van der Waals surface area contributed by atoms with Crippen molar-refractivity contribution in [2.24, 2.45) is 0 Å². The summed E-state index contributed by atoms with van der Waals surface area (Å²) < 4.78 is 38.8. The molecule has 2 aromatic rings. The van der Waals surface area contributed by atoms with Crippen molar-refractivity contribution in [3.05, 3.63) is 53.6 Å². The maximum absolute atomic E-state index is 13.2. The molecule has 170 valence electrons. The van der Waals surface area contributed by atoms with Crippen LogP contribution in [-0.2, 0) is 26.0 Å². The van der Waals surface area contributed by atoms with E-state index in [1.165, 1.54) is 16.4 Å². The van der Waals surface area contributed by atoms with Crippen molar-refractivity contribution < 1.29 is 27.5 Å². The van der Waals surface area contributed by atoms with Gasteiger partial charge in [0.2, 0.25) is 10.0 Å². The quantitative estimate of drug-likeness (QED) is 0.668. The van der Waals surface area contributed by atoms with Crippen LogP contribution in [0.3, 0.4) is 0 Å². The minimum Gasteiger partial charge on any atom is -0.492 e. The van der Waals surface area contributed by atoms with Crippen LogP contribution >= 0.6 is 0 Å². The first-order valence-electron chi connectivity index (χ1n) is 10.6. The average molecular weight is 459 g/mol. The summed E-state index contributed by atoms with van der Waals surface area (Å²) in [5.41, 5.74) is 0.0356. The van der Waals surface area contributed by atoms with Crippen LogP contribution in [0.5, 0.6) is 5.75 Å². The van der Waals surface area contributed by atoms with Crippen molar-refractivity contribution in [1.82, 2.24) is 4.31 Å². The number of nitrogens with one attached hydrogen (secondary N) is 1. The number of ether oxygens (including phenoxy) is 2. The van der Waals surface area contributed by atoms with E-state index in [4.69, 9.17) is 9.47 Å². The predicted molar refractivity (Wildman–Crippen MR) is 118 cm³/mol. The van der Waals surface area contributed by atoms with E-state index in [9.17, 15) is 18.0 Å². The number of amides is 1. The Hall–Kier alpha value is -2.91. The number of benzene rings is 2. The number of carbonyl (C=O) groups is 2. The number of esters is 1. The topological polar surface area (TPSA) is 102 Å². The van der Waals surface area contributed by atoms with Gasteiger partial charge in [-0.15, -0.1) is 0 Å². The van der Waals surface area contributed by atoms with E-state index in [1.807, 2.05) is 0 Å². The van der Waals surface area contributed by atoms with E-state index in [-0.39, 0.29) is 22.8 Å². The highest BCUT2D eigenvalue weighted by molar-refractivity contribution is 7.89. The Balaban J connectivity index is 1.62. The van der Waals surface area contributed by atoms with Gasteiger partial charge >= 0.3 is 5.97 Å². The molecule has 2 aliphatic rings. The molecule has 1 saturated heterocycles. The molecular formula is C23H26N2O6S. The SMILES string of the molecule is CCOc1ccc(NC(=O)C2(C)Cc3ccccc3C(=O)O2)cc1S(=O)(=O)N1CCCC1. The van der Waals surface area contributed by atoms with Crippen LogP contribution in [-0.4, -0.2) is 49.9 Å². The molecule has 0 aliphatic carbocycles. The van der Waals surface area contributed by atoms with Gasteiger partial charge in [0, 0.05) is 25.2 Å². The summed E-state index contributed by atoms with van der Waals surface area (Å²) in [7, 11) is -3.77. The molecule has 4 rings (SSSR count). The van der Waals surface area contributed by atoms with Crippen molar-refractivity contribution in [1.29, 1.82) is 0 Å². The molecule has 1 atom stereocenters. The Morgan fingerprint density at radius 1 is 1.19 bits per heavy atom. The Morgan fingerprint density at radius 3 is 2.62 bits per heavy atom. The van der Waals surface area contributed by atoms with Crippen molar-refractivity contribution in [2.75, 3.05) is 25.0 Å². The fourth-order valence-electron chi connectivity index (χ4n) is 4.05. The van der Waals surface area contributed by atoms with Crippen LogP contribution < -0.4 is 10.1 Å². The molecule has 0 spiro atoms. The molecule has 32 heavy (non-hydrogen) atoms. The lowest BCUT2D eigenvalue weighted by molar-refractivity contribution is -0.134. The van der Waals surface area contributed by atoms with Crippen LogP contribution in [0.4, 0.5) is 5.69 Å². The Kier molecular flexibility index (Phi) is 5.96. The van der Waals surface area contributed by atoms with Gasteiger partial charge in [-0.3, -0.25) is 4.79 Å². The van der Waals surface area contributed by atoms with Gasteiger partial charge < -0.3 is 14.8 Å². The van der Waals surface area contributed by atoms with E-state index in [2.05, 4.69) is 5.32 Å². The molecule has 2 heterocycles. The molecule has 2 aliphatic heterocycles. The molecule has 1 fully saturated rings. The molecule has 8 nitrogen and oxygen atoms in total. The van der Waals surface area contributed by atoms with E-state index in [0.717, 1.165) is 18.4 Å². The highest BCUT2D eigenvalue weighted by atomic mass is 32.2. The van der Waals surface area contributed by atoms with Gasteiger partial charge in [0.1, 0.15) is 10.6 Å². The lowest BCUT2D eigenvalue weighted by Crippen LogP contribution is -2.48. The molecule has 0 bridgehead atoms. The second-order valence-electron chi connectivity index (χ2n) is 8.11. The monoisotopic (exact) mass is 458 g/mol. The number of hydrogen-bond donors (Lipinski definition) is 1.